The Morgan fingerprint density at radius 2 is 1.81 bits per heavy atom. The Labute approximate surface area is 181 Å². The van der Waals surface area contributed by atoms with Gasteiger partial charge in [0.1, 0.15) is 5.84 Å². The van der Waals surface area contributed by atoms with E-state index in [0.717, 1.165) is 9.80 Å². The number of hydrogen-bond donors (Lipinski definition) is 1. The molecule has 2 aliphatic rings. The van der Waals surface area contributed by atoms with E-state index in [1.165, 1.54) is 11.8 Å². The zero-order chi connectivity index (χ0) is 29.2. The number of para-hydroxylation sites is 1. The first-order chi connectivity index (χ1) is 17.7. The Morgan fingerprint density at radius 3 is 2.63 bits per heavy atom. The van der Waals surface area contributed by atoms with E-state index in [2.05, 4.69) is 9.73 Å². The van der Waals surface area contributed by atoms with Gasteiger partial charge in [-0.2, -0.15) is 0 Å². The molecule has 0 atom stereocenters. The van der Waals surface area contributed by atoms with Crippen LogP contribution >= 0.6 is 11.8 Å². The SMILES string of the molecule is [2H]C1([2H])CN(C([2H])([2H])C([2H])([2H])OC([2H])([2H])C([2H])([2H])O)CC([2H])([2H])N1C1=Nc2ccccc2Sc2ccccc21. The molecule has 6 heteroatoms. The number of aliphatic imine (C=N–C) groups is 1. The molecule has 142 valence electrons. The van der Waals surface area contributed by atoms with E-state index in [4.69, 9.17) is 16.4 Å². The molecule has 2 aromatic rings. The Bertz CT molecular complexity index is 1270. The molecule has 1 fully saturated rings. The minimum atomic E-state index is -3.70. The van der Waals surface area contributed by atoms with Crippen LogP contribution in [0, 0.1) is 0 Å². The first-order valence-electron chi connectivity index (χ1n) is 14.1. The highest BCUT2D eigenvalue weighted by molar-refractivity contribution is 7.99. The van der Waals surface area contributed by atoms with E-state index < -0.39 is 52.3 Å². The maximum absolute atomic E-state index is 9.39. The molecule has 0 spiro atoms. The summed E-state index contributed by atoms with van der Waals surface area (Å²) in [5, 5.41) is 9.39. The monoisotopic (exact) mass is 395 g/mol. The molecule has 4 rings (SSSR count). The largest absolute Gasteiger partial charge is 0.394 e. The first kappa shape index (κ1) is 9.09. The summed E-state index contributed by atoms with van der Waals surface area (Å²) in [6.45, 7) is -21.5. The van der Waals surface area contributed by atoms with Crippen molar-refractivity contribution >= 4 is 23.3 Å². The van der Waals surface area contributed by atoms with E-state index in [1.54, 1.807) is 36.4 Å². The lowest BCUT2D eigenvalue weighted by molar-refractivity contribution is 0.0652. The van der Waals surface area contributed by atoms with Crippen LogP contribution in [0.25, 0.3) is 0 Å². The molecule has 0 aliphatic carbocycles. The van der Waals surface area contributed by atoms with E-state index >= 15 is 0 Å². The summed E-state index contributed by atoms with van der Waals surface area (Å²) >= 11 is 1.38. The second kappa shape index (κ2) is 8.89. The average Bonchev–Trinajstić information content (AvgIpc) is 2.92. The lowest BCUT2D eigenvalue weighted by atomic mass is 10.1. The van der Waals surface area contributed by atoms with Crippen molar-refractivity contribution in [2.75, 3.05) is 52.3 Å². The van der Waals surface area contributed by atoms with Gasteiger partial charge in [0.05, 0.1) is 39.1 Å². The minimum Gasteiger partial charge on any atom is -0.394 e. The molecular weight excluding hydrogens is 358 g/mol. The molecule has 0 unspecified atom stereocenters. The summed E-state index contributed by atoms with van der Waals surface area (Å²) in [6.07, 6.45) is 0. The third-order valence-electron chi connectivity index (χ3n) is 3.84. The summed E-state index contributed by atoms with van der Waals surface area (Å²) < 4.78 is 102. The van der Waals surface area contributed by atoms with Gasteiger partial charge in [0.15, 0.2) is 0 Å². The number of benzene rings is 2. The first-order valence-corrected chi connectivity index (χ1v) is 8.94. The number of amidine groups is 1. The Morgan fingerprint density at radius 1 is 1.07 bits per heavy atom. The summed E-state index contributed by atoms with van der Waals surface area (Å²) in [5.41, 5.74) is 0.920. The number of nitrogens with zero attached hydrogens (tertiary/aromatic N) is 3. The van der Waals surface area contributed by atoms with Crippen molar-refractivity contribution in [1.29, 1.82) is 0 Å². The van der Waals surface area contributed by atoms with Gasteiger partial charge in [-0.1, -0.05) is 42.1 Å². The molecule has 0 radical (unpaired) electrons. The number of fused-ring (bicyclic) bond motifs is 2. The highest BCUT2D eigenvalue weighted by atomic mass is 32.2. The van der Waals surface area contributed by atoms with Gasteiger partial charge in [0.2, 0.25) is 0 Å². The third-order valence-corrected chi connectivity index (χ3v) is 4.98. The molecule has 5 nitrogen and oxygen atoms in total. The molecule has 0 amide bonds. The topological polar surface area (TPSA) is 48.3 Å². The second-order valence-corrected chi connectivity index (χ2v) is 6.62. The summed E-state index contributed by atoms with van der Waals surface area (Å²) in [5.74, 6) is -0.0395. The number of aliphatic hydroxyl groups is 1. The molecule has 1 N–H and O–H groups in total. The van der Waals surface area contributed by atoms with Crippen LogP contribution in [0.1, 0.15) is 22.0 Å². The van der Waals surface area contributed by atoms with Gasteiger partial charge in [-0.25, -0.2) is 4.99 Å². The maximum atomic E-state index is 9.39. The lowest BCUT2D eigenvalue weighted by Crippen LogP contribution is -2.49. The van der Waals surface area contributed by atoms with E-state index in [9.17, 15) is 5.11 Å². The number of hydrogen-bond acceptors (Lipinski definition) is 6. The van der Waals surface area contributed by atoms with Crippen LogP contribution in [0.3, 0.4) is 0 Å². The zero-order valence-corrected chi connectivity index (χ0v) is 15.0. The van der Waals surface area contributed by atoms with Crippen LogP contribution < -0.4 is 0 Å². The maximum Gasteiger partial charge on any atom is 0.137 e. The number of ether oxygens (including phenoxy) is 1. The Hall–Kier alpha value is -1.86. The Kier molecular flexibility index (Phi) is 2.99. The molecule has 2 aliphatic heterocycles. The van der Waals surface area contributed by atoms with Gasteiger partial charge in [0, 0.05) is 50.7 Å². The van der Waals surface area contributed by atoms with E-state index in [0.29, 0.717) is 21.0 Å². The second-order valence-electron chi connectivity index (χ2n) is 5.54. The van der Waals surface area contributed by atoms with Gasteiger partial charge in [-0.15, -0.1) is 0 Å². The van der Waals surface area contributed by atoms with Gasteiger partial charge in [0.25, 0.3) is 0 Å². The third kappa shape index (κ3) is 4.35. The van der Waals surface area contributed by atoms with Crippen LogP contribution in [0.5, 0.6) is 0 Å². The highest BCUT2D eigenvalue weighted by Crippen LogP contribution is 2.40. The van der Waals surface area contributed by atoms with E-state index in [-0.39, 0.29) is 5.84 Å². The van der Waals surface area contributed by atoms with Crippen LogP contribution in [0.2, 0.25) is 0 Å². The van der Waals surface area contributed by atoms with Crippen molar-refractivity contribution < 1.29 is 26.3 Å². The van der Waals surface area contributed by atoms with Crippen molar-refractivity contribution in [3.05, 3.63) is 54.1 Å². The van der Waals surface area contributed by atoms with Crippen LogP contribution in [0.4, 0.5) is 5.69 Å². The van der Waals surface area contributed by atoms with Crippen molar-refractivity contribution in [3.8, 4) is 0 Å². The van der Waals surface area contributed by atoms with Crippen LogP contribution in [-0.2, 0) is 4.74 Å². The predicted molar refractivity (Wildman–Crippen MR) is 109 cm³/mol. The quantitative estimate of drug-likeness (QED) is 0.844. The van der Waals surface area contributed by atoms with Crippen molar-refractivity contribution in [3.63, 3.8) is 0 Å². The molecule has 0 bridgehead atoms. The zero-order valence-electron chi connectivity index (χ0n) is 26.1. The summed E-state index contributed by atoms with van der Waals surface area (Å²) in [7, 11) is 0. The fourth-order valence-corrected chi connectivity index (χ4v) is 3.65. The normalized spacial score (nSPS) is 29.5. The lowest BCUT2D eigenvalue weighted by Gasteiger charge is -2.36. The van der Waals surface area contributed by atoms with Gasteiger partial charge >= 0.3 is 0 Å². The molecule has 27 heavy (non-hydrogen) atoms. The highest BCUT2D eigenvalue weighted by Gasteiger charge is 2.24. The number of rotatable bonds is 5. The van der Waals surface area contributed by atoms with Crippen molar-refractivity contribution in [2.24, 2.45) is 4.99 Å². The molecular formula is C21H25N3O2S. The molecule has 1 saturated heterocycles. The standard InChI is InChI=1S/C21H25N3O2S/c25-14-16-26-15-13-23-9-11-24(12-10-23)21-17-5-1-3-7-19(17)27-20-8-4-2-6-18(20)22-21/h1-8,25H,9-16H2/i11D2,12D2,13D2,14D2,15D2,16D2. The van der Waals surface area contributed by atoms with Crippen LogP contribution in [0.15, 0.2) is 63.3 Å². The van der Waals surface area contributed by atoms with Gasteiger partial charge in [-0.3, -0.25) is 4.90 Å². The fraction of sp³-hybridized carbons (Fsp3) is 0.381. The molecule has 0 aromatic heterocycles. The van der Waals surface area contributed by atoms with E-state index in [1.807, 2.05) is 12.1 Å². The molecule has 2 heterocycles. The molecule has 0 saturated carbocycles. The Balaban J connectivity index is 1.75. The summed E-state index contributed by atoms with van der Waals surface area (Å²) in [6, 6.07) is 14.0. The smallest absolute Gasteiger partial charge is 0.137 e. The van der Waals surface area contributed by atoms with Gasteiger partial charge < -0.3 is 14.7 Å². The predicted octanol–water partition coefficient (Wildman–Crippen LogP) is 2.86. The summed E-state index contributed by atoms with van der Waals surface area (Å²) in [4.78, 5) is 7.37. The number of piperazine rings is 1. The van der Waals surface area contributed by atoms with Crippen molar-refractivity contribution in [1.82, 2.24) is 9.80 Å². The van der Waals surface area contributed by atoms with Gasteiger partial charge in [-0.05, 0) is 18.2 Å². The van der Waals surface area contributed by atoms with Crippen LogP contribution in [-0.4, -0.2) is 73.0 Å². The average molecular weight is 396 g/mol. The van der Waals surface area contributed by atoms with Crippen molar-refractivity contribution in [2.45, 2.75) is 9.79 Å². The molecule has 2 aromatic carbocycles. The fourth-order valence-electron chi connectivity index (χ4n) is 2.63. The minimum absolute atomic E-state index is 0.0395.